The summed E-state index contributed by atoms with van der Waals surface area (Å²) >= 11 is 4.37. The lowest BCUT2D eigenvalue weighted by Gasteiger charge is -2.30. The first kappa shape index (κ1) is 27.1. The smallest absolute Gasteiger partial charge is 0.329 e. The molecule has 2 amide bonds. The normalized spacial score (nSPS) is 17.6. The first-order valence-corrected chi connectivity index (χ1v) is 12.9. The second-order valence-electron chi connectivity index (χ2n) is 9.20. The molecule has 1 aliphatic heterocycles. The number of rotatable bonds is 9. The lowest BCUT2D eigenvalue weighted by molar-refractivity contribution is -0.155. The summed E-state index contributed by atoms with van der Waals surface area (Å²) < 4.78 is 5.54. The highest BCUT2D eigenvalue weighted by Crippen LogP contribution is 2.37. The third-order valence-corrected chi connectivity index (χ3v) is 6.92. The summed E-state index contributed by atoms with van der Waals surface area (Å²) in [6.45, 7) is -0.229. The molecule has 3 N–H and O–H groups in total. The molecule has 0 radical (unpaired) electrons. The fourth-order valence-electron chi connectivity index (χ4n) is 4.59. The Morgan fingerprint density at radius 1 is 0.921 bits per heavy atom. The van der Waals surface area contributed by atoms with Crippen LogP contribution >= 0.6 is 12.6 Å². The largest absolute Gasteiger partial charge is 0.508 e. The number of thiol groups is 1. The number of phenolic OH excluding ortho intramolecular Hbond substituents is 2. The first-order chi connectivity index (χ1) is 18.3. The van der Waals surface area contributed by atoms with Crippen LogP contribution in [0.1, 0.15) is 35.6 Å². The molecule has 38 heavy (non-hydrogen) atoms. The van der Waals surface area contributed by atoms with Crippen LogP contribution in [0.2, 0.25) is 0 Å². The molecule has 3 atom stereocenters. The topological polar surface area (TPSA) is 116 Å². The molecule has 0 bridgehead atoms. The van der Waals surface area contributed by atoms with Crippen molar-refractivity contribution in [1.82, 2.24) is 10.2 Å². The van der Waals surface area contributed by atoms with Crippen molar-refractivity contribution in [1.29, 1.82) is 0 Å². The fourth-order valence-corrected chi connectivity index (χ4v) is 4.90. The third kappa shape index (κ3) is 6.86. The van der Waals surface area contributed by atoms with E-state index in [1.165, 1.54) is 23.1 Å². The number of amides is 2. The van der Waals surface area contributed by atoms with Crippen LogP contribution in [0.5, 0.6) is 11.5 Å². The Bertz CT molecular complexity index is 1270. The van der Waals surface area contributed by atoms with Crippen LogP contribution < -0.4 is 5.32 Å². The van der Waals surface area contributed by atoms with E-state index in [9.17, 15) is 24.6 Å². The molecule has 1 fully saturated rings. The van der Waals surface area contributed by atoms with Gasteiger partial charge in [-0.1, -0.05) is 54.6 Å². The monoisotopic (exact) mass is 534 g/mol. The van der Waals surface area contributed by atoms with Gasteiger partial charge in [0.2, 0.25) is 11.8 Å². The van der Waals surface area contributed by atoms with Crippen molar-refractivity contribution in [3.8, 4) is 11.5 Å². The van der Waals surface area contributed by atoms with Crippen LogP contribution in [0.4, 0.5) is 0 Å². The van der Waals surface area contributed by atoms with Crippen LogP contribution in [0.15, 0.2) is 78.9 Å². The average molecular weight is 535 g/mol. The Labute approximate surface area is 226 Å². The molecule has 0 aromatic heterocycles. The molecule has 3 aromatic carbocycles. The Hall–Kier alpha value is -3.98. The molecule has 9 heteroatoms. The maximum absolute atomic E-state index is 13.4. The molecule has 198 valence electrons. The minimum Gasteiger partial charge on any atom is -0.508 e. The quantitative estimate of drug-likeness (QED) is 0.247. The van der Waals surface area contributed by atoms with Crippen molar-refractivity contribution in [3.05, 3.63) is 95.6 Å². The first-order valence-electron chi connectivity index (χ1n) is 12.4. The second kappa shape index (κ2) is 12.5. The highest BCUT2D eigenvalue weighted by molar-refractivity contribution is 7.81. The van der Waals surface area contributed by atoms with E-state index in [0.29, 0.717) is 24.8 Å². The number of hydrogen-bond acceptors (Lipinski definition) is 7. The molecule has 3 aromatic rings. The van der Waals surface area contributed by atoms with Crippen molar-refractivity contribution in [3.63, 3.8) is 0 Å². The number of nitrogens with zero attached hydrogens (tertiary/aromatic N) is 1. The molecule has 1 heterocycles. The van der Waals surface area contributed by atoms with Crippen molar-refractivity contribution < 1.29 is 29.3 Å². The minimum absolute atomic E-state index is 0.0606. The minimum atomic E-state index is -0.820. The van der Waals surface area contributed by atoms with Crippen molar-refractivity contribution in [2.45, 2.75) is 43.2 Å². The van der Waals surface area contributed by atoms with Gasteiger partial charge in [-0.15, -0.1) is 0 Å². The van der Waals surface area contributed by atoms with Gasteiger partial charge in [-0.2, -0.15) is 12.6 Å². The van der Waals surface area contributed by atoms with Crippen LogP contribution in [0.3, 0.4) is 0 Å². The van der Waals surface area contributed by atoms with Gasteiger partial charge in [-0.05, 0) is 60.2 Å². The Morgan fingerprint density at radius 2 is 1.66 bits per heavy atom. The number of aromatic hydroxyl groups is 2. The number of esters is 1. The van der Waals surface area contributed by atoms with E-state index in [1.807, 2.05) is 30.3 Å². The zero-order valence-electron chi connectivity index (χ0n) is 20.7. The van der Waals surface area contributed by atoms with E-state index >= 15 is 0 Å². The van der Waals surface area contributed by atoms with Crippen molar-refractivity contribution in [2.24, 2.45) is 0 Å². The van der Waals surface area contributed by atoms with Crippen LogP contribution in [-0.2, 0) is 32.1 Å². The molecule has 0 aliphatic carbocycles. The van der Waals surface area contributed by atoms with Crippen LogP contribution in [0, 0.1) is 0 Å². The van der Waals surface area contributed by atoms with Gasteiger partial charge in [-0.3, -0.25) is 9.59 Å². The van der Waals surface area contributed by atoms with Gasteiger partial charge < -0.3 is 25.2 Å². The molecule has 0 spiro atoms. The van der Waals surface area contributed by atoms with Gasteiger partial charge in [-0.25, -0.2) is 4.79 Å². The summed E-state index contributed by atoms with van der Waals surface area (Å²) in [6, 6.07) is 21.1. The van der Waals surface area contributed by atoms with E-state index in [1.54, 1.807) is 30.3 Å². The summed E-state index contributed by atoms with van der Waals surface area (Å²) in [5, 5.41) is 21.3. The number of carbonyl (C=O) groups is 3. The van der Waals surface area contributed by atoms with Gasteiger partial charge in [0.25, 0.3) is 0 Å². The summed E-state index contributed by atoms with van der Waals surface area (Å²) in [5.74, 6) is -1.19. The maximum Gasteiger partial charge on any atom is 0.329 e. The molecule has 1 aliphatic rings. The molecule has 0 saturated carbocycles. The number of likely N-dealkylation sites (tertiary alicyclic amines) is 1. The number of phenols is 2. The Morgan fingerprint density at radius 3 is 2.37 bits per heavy atom. The third-order valence-electron chi connectivity index (χ3n) is 6.51. The lowest BCUT2D eigenvalue weighted by atomic mass is 10.0. The fraction of sp³-hybridized carbons (Fsp3) is 0.276. The zero-order chi connectivity index (χ0) is 27.1. The Balaban J connectivity index is 1.43. The molecular formula is C29H30N2O6S. The number of nitrogens with one attached hydrogen (secondary N) is 1. The number of hydrogen-bond donors (Lipinski definition) is 4. The van der Waals surface area contributed by atoms with Crippen LogP contribution in [0.25, 0.3) is 0 Å². The zero-order valence-corrected chi connectivity index (χ0v) is 21.6. The maximum atomic E-state index is 13.4. The molecular weight excluding hydrogens is 504 g/mol. The molecule has 4 rings (SSSR count). The Kier molecular flexibility index (Phi) is 8.91. The standard InChI is InChI=1S/C29H30N2O6S/c32-22-11-9-19(10-12-22)15-26(38)28(35)30-17-27(34)31-24(21-7-4-8-23(33)16-21)13-14-25(31)29(36)37-18-20-5-2-1-3-6-20/h1-12,16,24-26,32-33,38H,13-15,17-18H2,(H,30,35)/t24?,25-,26?/m0/s1. The van der Waals surface area contributed by atoms with E-state index < -0.39 is 35.1 Å². The molecule has 1 saturated heterocycles. The van der Waals surface area contributed by atoms with Gasteiger partial charge >= 0.3 is 5.97 Å². The van der Waals surface area contributed by atoms with Crippen LogP contribution in [-0.4, -0.2) is 50.7 Å². The van der Waals surface area contributed by atoms with Gasteiger partial charge in [0.15, 0.2) is 0 Å². The van der Waals surface area contributed by atoms with Crippen molar-refractivity contribution in [2.75, 3.05) is 6.54 Å². The van der Waals surface area contributed by atoms with Gasteiger partial charge in [0, 0.05) is 0 Å². The summed E-state index contributed by atoms with van der Waals surface area (Å²) in [5.41, 5.74) is 2.35. The van der Waals surface area contributed by atoms with Gasteiger partial charge in [0.05, 0.1) is 17.8 Å². The SMILES string of the molecule is O=C(NCC(=O)N1C(c2cccc(O)c2)CC[C@H]1C(=O)OCc1ccccc1)C(S)Cc1ccc(O)cc1. The molecule has 8 nitrogen and oxygen atoms in total. The van der Waals surface area contributed by atoms with E-state index in [4.69, 9.17) is 4.74 Å². The van der Waals surface area contributed by atoms with E-state index in [-0.39, 0.29) is 24.7 Å². The summed E-state index contributed by atoms with van der Waals surface area (Å²) in [6.07, 6.45) is 1.21. The highest BCUT2D eigenvalue weighted by atomic mass is 32.1. The number of ether oxygens (including phenoxy) is 1. The number of benzene rings is 3. The van der Waals surface area contributed by atoms with E-state index in [2.05, 4.69) is 17.9 Å². The predicted molar refractivity (Wildman–Crippen MR) is 145 cm³/mol. The number of carbonyl (C=O) groups excluding carboxylic acids is 3. The summed E-state index contributed by atoms with van der Waals surface area (Å²) in [4.78, 5) is 40.6. The highest BCUT2D eigenvalue weighted by Gasteiger charge is 2.42. The summed E-state index contributed by atoms with van der Waals surface area (Å²) in [7, 11) is 0. The molecule has 2 unspecified atom stereocenters. The predicted octanol–water partition coefficient (Wildman–Crippen LogP) is 3.53. The van der Waals surface area contributed by atoms with Crippen molar-refractivity contribution >= 4 is 30.4 Å². The second-order valence-corrected chi connectivity index (χ2v) is 9.83. The lowest BCUT2D eigenvalue weighted by Crippen LogP contribution is -2.48. The van der Waals surface area contributed by atoms with E-state index in [0.717, 1.165) is 11.1 Å². The van der Waals surface area contributed by atoms with Gasteiger partial charge in [0.1, 0.15) is 24.1 Å². The average Bonchev–Trinajstić information content (AvgIpc) is 3.37.